The Hall–Kier alpha value is -3.26. The molecule has 8 nitrogen and oxygen atoms in total. The first-order valence-corrected chi connectivity index (χ1v) is 11.9. The molecule has 0 amide bonds. The third-order valence-electron chi connectivity index (χ3n) is 7.54. The Balaban J connectivity index is 1.36. The smallest absolute Gasteiger partial charge is 0.347 e. The fourth-order valence-corrected chi connectivity index (χ4v) is 5.79. The van der Waals surface area contributed by atoms with Crippen LogP contribution < -0.4 is 15.9 Å². The number of nitrogens with zero attached hydrogens (tertiary/aromatic N) is 5. The Morgan fingerprint density at radius 3 is 2.41 bits per heavy atom. The van der Waals surface area contributed by atoms with Crippen molar-refractivity contribution in [3.05, 3.63) is 53.1 Å². The number of fused-ring (bicyclic) bond motifs is 2. The quantitative estimate of drug-likeness (QED) is 0.615. The first-order chi connectivity index (χ1) is 16.1. The van der Waals surface area contributed by atoms with E-state index in [9.17, 15) is 9.90 Å². The number of nitrogens with one attached hydrogen (secondary N) is 1. The Kier molecular flexibility index (Phi) is 5.43. The lowest BCUT2D eigenvalue weighted by molar-refractivity contribution is 0.0784. The molecule has 0 spiro atoms. The van der Waals surface area contributed by atoms with Crippen LogP contribution in [0, 0.1) is 0 Å². The van der Waals surface area contributed by atoms with E-state index in [1.54, 1.807) is 31.4 Å². The van der Waals surface area contributed by atoms with Gasteiger partial charge in [-0.1, -0.05) is 6.07 Å². The number of piperidine rings is 2. The largest absolute Gasteiger partial charge is 0.507 e. The van der Waals surface area contributed by atoms with Crippen molar-refractivity contribution in [2.24, 2.45) is 7.05 Å². The lowest BCUT2D eigenvalue weighted by atomic mass is 9.69. The molecule has 1 unspecified atom stereocenters. The van der Waals surface area contributed by atoms with E-state index in [2.05, 4.69) is 46.3 Å². The molecule has 0 aliphatic carbocycles. The summed E-state index contributed by atoms with van der Waals surface area (Å²) >= 11 is 0. The number of anilines is 1. The van der Waals surface area contributed by atoms with Gasteiger partial charge >= 0.3 is 5.69 Å². The molecule has 0 radical (unpaired) electrons. The van der Waals surface area contributed by atoms with Gasteiger partial charge in [0.25, 0.3) is 0 Å². The number of aromatic nitrogens is 4. The predicted molar refractivity (Wildman–Crippen MR) is 133 cm³/mol. The number of benzene rings is 1. The van der Waals surface area contributed by atoms with Gasteiger partial charge in [-0.3, -0.25) is 0 Å². The van der Waals surface area contributed by atoms with Crippen molar-refractivity contribution >= 4 is 5.82 Å². The fourth-order valence-electron chi connectivity index (χ4n) is 5.79. The molecule has 34 heavy (non-hydrogen) atoms. The van der Waals surface area contributed by atoms with Crippen molar-refractivity contribution in [2.45, 2.75) is 63.1 Å². The van der Waals surface area contributed by atoms with Crippen molar-refractivity contribution in [2.75, 3.05) is 11.9 Å². The molecule has 2 aliphatic heterocycles. The van der Waals surface area contributed by atoms with E-state index in [-0.39, 0.29) is 22.5 Å². The first kappa shape index (κ1) is 22.5. The van der Waals surface area contributed by atoms with E-state index in [1.807, 2.05) is 18.2 Å². The Labute approximate surface area is 199 Å². The molecule has 3 aromatic rings. The summed E-state index contributed by atoms with van der Waals surface area (Å²) in [7, 11) is 3.75. The molecule has 178 valence electrons. The summed E-state index contributed by atoms with van der Waals surface area (Å²) in [5, 5.41) is 23.5. The minimum absolute atomic E-state index is 0.0717. The highest BCUT2D eigenvalue weighted by atomic mass is 16.3. The van der Waals surface area contributed by atoms with Gasteiger partial charge in [-0.15, -0.1) is 10.2 Å². The predicted octanol–water partition coefficient (Wildman–Crippen LogP) is 3.50. The number of hydrogen-bond acceptors (Lipinski definition) is 7. The average Bonchev–Trinajstić information content (AvgIpc) is 2.79. The maximum absolute atomic E-state index is 11.8. The molecule has 2 fully saturated rings. The van der Waals surface area contributed by atoms with E-state index in [1.165, 1.54) is 23.8 Å². The number of phenolic OH excluding ortho intramolecular Hbond substituents is 1. The Bertz CT molecular complexity index is 1260. The number of hydrogen-bond donors (Lipinski definition) is 2. The molecule has 0 saturated carbocycles. The molecule has 1 aromatic carbocycles. The van der Waals surface area contributed by atoms with Crippen LogP contribution in [0.2, 0.25) is 0 Å². The second kappa shape index (κ2) is 8.20. The summed E-state index contributed by atoms with van der Waals surface area (Å²) < 4.78 is 1.41. The van der Waals surface area contributed by atoms with Gasteiger partial charge in [0, 0.05) is 48.5 Å². The molecule has 2 saturated heterocycles. The third-order valence-corrected chi connectivity index (χ3v) is 7.54. The van der Waals surface area contributed by atoms with Gasteiger partial charge in [0.15, 0.2) is 5.82 Å². The van der Waals surface area contributed by atoms with Crippen LogP contribution in [0.4, 0.5) is 5.82 Å². The van der Waals surface area contributed by atoms with Crippen LogP contribution in [0.25, 0.3) is 22.5 Å². The van der Waals surface area contributed by atoms with Crippen LogP contribution in [-0.4, -0.2) is 49.0 Å². The molecule has 5 rings (SSSR count). The van der Waals surface area contributed by atoms with Gasteiger partial charge in [-0.25, -0.2) is 4.79 Å². The summed E-state index contributed by atoms with van der Waals surface area (Å²) in [4.78, 5) is 18.1. The summed E-state index contributed by atoms with van der Waals surface area (Å²) in [5.74, 6) is 0.906. The molecule has 8 heteroatoms. The van der Waals surface area contributed by atoms with Crippen molar-refractivity contribution in [1.82, 2.24) is 25.1 Å². The van der Waals surface area contributed by atoms with Gasteiger partial charge in [0.05, 0.1) is 11.4 Å². The van der Waals surface area contributed by atoms with Crippen LogP contribution in [0.15, 0.2) is 47.4 Å². The Morgan fingerprint density at radius 1 is 1.06 bits per heavy atom. The average molecular weight is 461 g/mol. The monoisotopic (exact) mass is 460 g/mol. The summed E-state index contributed by atoms with van der Waals surface area (Å²) in [5.41, 5.74) is 2.37. The topological polar surface area (TPSA) is 96.2 Å². The van der Waals surface area contributed by atoms with Crippen LogP contribution in [0.5, 0.6) is 5.75 Å². The zero-order valence-electron chi connectivity index (χ0n) is 20.2. The molecule has 2 bridgehead atoms. The zero-order valence-corrected chi connectivity index (χ0v) is 20.2. The number of phenols is 1. The maximum atomic E-state index is 11.8. The fraction of sp³-hybridized carbons (Fsp3) is 0.462. The van der Waals surface area contributed by atoms with Crippen LogP contribution in [0.3, 0.4) is 0 Å². The molecule has 2 aliphatic rings. The van der Waals surface area contributed by atoms with Gasteiger partial charge < -0.3 is 19.9 Å². The van der Waals surface area contributed by atoms with Gasteiger partial charge in [-0.05, 0) is 76.3 Å². The minimum atomic E-state index is -0.341. The van der Waals surface area contributed by atoms with Crippen molar-refractivity contribution in [3.63, 3.8) is 0 Å². The summed E-state index contributed by atoms with van der Waals surface area (Å²) in [6, 6.07) is 11.2. The highest BCUT2D eigenvalue weighted by molar-refractivity contribution is 5.73. The van der Waals surface area contributed by atoms with E-state index in [0.29, 0.717) is 28.6 Å². The van der Waals surface area contributed by atoms with Crippen LogP contribution in [0.1, 0.15) is 46.0 Å². The van der Waals surface area contributed by atoms with E-state index >= 15 is 0 Å². The molecule has 2 N–H and O–H groups in total. The van der Waals surface area contributed by atoms with Gasteiger partial charge in [0.1, 0.15) is 5.75 Å². The van der Waals surface area contributed by atoms with Crippen molar-refractivity contribution in [1.29, 1.82) is 0 Å². The highest BCUT2D eigenvalue weighted by Gasteiger charge is 2.46. The van der Waals surface area contributed by atoms with E-state index in [0.717, 1.165) is 18.7 Å². The third kappa shape index (κ3) is 4.18. The number of rotatable bonds is 4. The van der Waals surface area contributed by atoms with E-state index < -0.39 is 0 Å². The molecule has 2 aromatic heterocycles. The molecular formula is C26H32N6O2. The van der Waals surface area contributed by atoms with Gasteiger partial charge in [-0.2, -0.15) is 4.98 Å². The molecule has 3 atom stereocenters. The molecule has 4 heterocycles. The lowest BCUT2D eigenvalue weighted by Crippen LogP contribution is -2.66. The standard InChI is InChI=1S/C26H32N6O2/c1-25-11-5-12-26(2,30-25)16-18(15-25)32(4)23-9-8-21(28-29-23)19-7-6-17(14-22(19)33)20-10-13-31(3)24(34)27-20/h6-10,13-14,18,30,33H,5,11-12,15-16H2,1-4H3/t18?,25-,26+. The second-order valence-electron chi connectivity index (χ2n) is 10.5. The zero-order chi connectivity index (χ0) is 24.1. The van der Waals surface area contributed by atoms with Crippen LogP contribution >= 0.6 is 0 Å². The second-order valence-corrected chi connectivity index (χ2v) is 10.5. The van der Waals surface area contributed by atoms with Crippen molar-refractivity contribution < 1.29 is 5.11 Å². The van der Waals surface area contributed by atoms with Gasteiger partial charge in [0.2, 0.25) is 0 Å². The highest BCUT2D eigenvalue weighted by Crippen LogP contribution is 2.42. The first-order valence-electron chi connectivity index (χ1n) is 11.9. The normalized spacial score (nSPS) is 26.3. The number of aryl methyl sites for hydroxylation is 1. The minimum Gasteiger partial charge on any atom is -0.507 e. The lowest BCUT2D eigenvalue weighted by Gasteiger charge is -2.55. The van der Waals surface area contributed by atoms with E-state index in [4.69, 9.17) is 0 Å². The maximum Gasteiger partial charge on any atom is 0.347 e. The SMILES string of the molecule is CN(c1ccc(-c2ccc(-c3ccn(C)c(=O)n3)cc2O)nn1)C1C[C@]2(C)CCC[C@](C)(C1)N2. The van der Waals surface area contributed by atoms with Crippen molar-refractivity contribution in [3.8, 4) is 28.3 Å². The number of aromatic hydroxyl groups is 1. The Morgan fingerprint density at radius 2 is 1.79 bits per heavy atom. The summed E-state index contributed by atoms with van der Waals surface area (Å²) in [6.45, 7) is 4.68. The van der Waals surface area contributed by atoms with Crippen LogP contribution in [-0.2, 0) is 7.05 Å². The summed E-state index contributed by atoms with van der Waals surface area (Å²) in [6.07, 6.45) is 7.53. The molecular weight excluding hydrogens is 428 g/mol.